The van der Waals surface area contributed by atoms with E-state index < -0.39 is 0 Å². The molecule has 0 unspecified atom stereocenters. The Morgan fingerprint density at radius 2 is 1.45 bits per heavy atom. The van der Waals surface area contributed by atoms with Gasteiger partial charge in [-0.3, -0.25) is 4.99 Å². The van der Waals surface area contributed by atoms with Crippen LogP contribution in [0.25, 0.3) is 0 Å². The number of aliphatic imine (C=N–C) groups is 1. The van der Waals surface area contributed by atoms with Gasteiger partial charge in [0.2, 0.25) is 0 Å². The first-order chi connectivity index (χ1) is 10.8. The molecule has 0 fully saturated rings. The first-order valence-corrected chi connectivity index (χ1v) is 7.78. The van der Waals surface area contributed by atoms with Crippen molar-refractivity contribution in [2.75, 3.05) is 0 Å². The minimum absolute atomic E-state index is 0.260. The van der Waals surface area contributed by atoms with Crippen LogP contribution in [0.1, 0.15) is 5.56 Å². The average Bonchev–Trinajstić information content (AvgIpc) is 2.58. The predicted octanol–water partition coefficient (Wildman–Crippen LogP) is 5.29. The van der Waals surface area contributed by atoms with Crippen LogP contribution in [0.4, 0.5) is 5.69 Å². The lowest BCUT2D eigenvalue weighted by Crippen LogP contribution is -1.84. The van der Waals surface area contributed by atoms with E-state index >= 15 is 0 Å². The molecule has 0 amide bonds. The summed E-state index contributed by atoms with van der Waals surface area (Å²) in [6, 6.07) is 25.4. The fraction of sp³-hybridized carbons (Fsp3) is 0. The molecule has 3 heteroatoms. The molecule has 0 heterocycles. The van der Waals surface area contributed by atoms with Gasteiger partial charge >= 0.3 is 0 Å². The van der Waals surface area contributed by atoms with Crippen LogP contribution in [0.15, 0.2) is 93.6 Å². The number of phenolic OH excluding ortho intramolecular Hbond substituents is 1. The Labute approximate surface area is 134 Å². The van der Waals surface area contributed by atoms with Crippen molar-refractivity contribution < 1.29 is 5.11 Å². The summed E-state index contributed by atoms with van der Waals surface area (Å²) in [7, 11) is 0. The monoisotopic (exact) mass is 305 g/mol. The molecule has 0 bridgehead atoms. The molecule has 22 heavy (non-hydrogen) atoms. The summed E-state index contributed by atoms with van der Waals surface area (Å²) in [6.45, 7) is 0. The molecule has 3 rings (SSSR count). The van der Waals surface area contributed by atoms with Crippen LogP contribution in [-0.4, -0.2) is 11.3 Å². The van der Waals surface area contributed by atoms with Crippen molar-refractivity contribution in [3.8, 4) is 5.75 Å². The van der Waals surface area contributed by atoms with Crippen LogP contribution in [-0.2, 0) is 0 Å². The molecule has 0 spiro atoms. The third-order valence-electron chi connectivity index (χ3n) is 3.11. The molecule has 0 saturated carbocycles. The molecule has 0 aliphatic rings. The third kappa shape index (κ3) is 3.57. The number of hydrogen-bond donors (Lipinski definition) is 1. The summed E-state index contributed by atoms with van der Waals surface area (Å²) in [6.07, 6.45) is 1.69. The second-order valence-electron chi connectivity index (χ2n) is 4.70. The Bertz CT molecular complexity index is 770. The largest absolute Gasteiger partial charge is 0.506 e. The fourth-order valence-corrected chi connectivity index (χ4v) is 2.91. The van der Waals surface area contributed by atoms with Crippen molar-refractivity contribution in [3.63, 3.8) is 0 Å². The number of hydrogen-bond acceptors (Lipinski definition) is 3. The number of para-hydroxylation sites is 2. The molecular formula is C19H15NOS. The molecule has 0 aromatic heterocycles. The third-order valence-corrected chi connectivity index (χ3v) is 4.17. The maximum Gasteiger partial charge on any atom is 0.138 e. The van der Waals surface area contributed by atoms with Gasteiger partial charge in [0.15, 0.2) is 0 Å². The van der Waals surface area contributed by atoms with E-state index in [1.54, 1.807) is 6.21 Å². The number of aromatic hydroxyl groups is 1. The van der Waals surface area contributed by atoms with Gasteiger partial charge in [0.1, 0.15) is 5.75 Å². The predicted molar refractivity (Wildman–Crippen MR) is 92.4 cm³/mol. The summed E-state index contributed by atoms with van der Waals surface area (Å²) in [5.41, 5.74) is 1.58. The van der Waals surface area contributed by atoms with E-state index in [0.29, 0.717) is 5.56 Å². The molecule has 0 aliphatic heterocycles. The number of rotatable bonds is 4. The maximum absolute atomic E-state index is 10.4. The van der Waals surface area contributed by atoms with Crippen molar-refractivity contribution in [1.82, 2.24) is 0 Å². The molecule has 108 valence electrons. The zero-order valence-corrected chi connectivity index (χ0v) is 12.7. The van der Waals surface area contributed by atoms with Gasteiger partial charge in [-0.05, 0) is 36.4 Å². The maximum atomic E-state index is 10.4. The lowest BCUT2D eigenvalue weighted by atomic mass is 10.2. The van der Waals surface area contributed by atoms with E-state index in [-0.39, 0.29) is 5.75 Å². The van der Waals surface area contributed by atoms with Crippen molar-refractivity contribution in [1.29, 1.82) is 0 Å². The van der Waals surface area contributed by atoms with E-state index in [1.165, 1.54) is 11.8 Å². The molecule has 0 aliphatic carbocycles. The average molecular weight is 305 g/mol. The lowest BCUT2D eigenvalue weighted by molar-refractivity contribution is 0.461. The molecule has 0 radical (unpaired) electrons. The summed E-state index contributed by atoms with van der Waals surface area (Å²) in [5.74, 6) is 0.260. The molecule has 0 saturated heterocycles. The number of phenols is 1. The first-order valence-electron chi connectivity index (χ1n) is 6.97. The fourth-order valence-electron chi connectivity index (χ4n) is 2.00. The van der Waals surface area contributed by atoms with Gasteiger partial charge in [0.05, 0.1) is 10.6 Å². The highest BCUT2D eigenvalue weighted by Crippen LogP contribution is 2.35. The summed E-state index contributed by atoms with van der Waals surface area (Å²) in [4.78, 5) is 6.31. The molecule has 1 N–H and O–H groups in total. The topological polar surface area (TPSA) is 32.6 Å². The van der Waals surface area contributed by atoms with Crippen LogP contribution >= 0.6 is 11.8 Å². The van der Waals surface area contributed by atoms with E-state index in [9.17, 15) is 5.11 Å². The van der Waals surface area contributed by atoms with Gasteiger partial charge in [0, 0.05) is 16.7 Å². The summed E-state index contributed by atoms with van der Waals surface area (Å²) in [5, 5.41) is 10.4. The Hall–Kier alpha value is -2.52. The zero-order chi connectivity index (χ0) is 15.2. The zero-order valence-electron chi connectivity index (χ0n) is 11.9. The Morgan fingerprint density at radius 3 is 2.18 bits per heavy atom. The molecule has 3 aromatic carbocycles. The smallest absolute Gasteiger partial charge is 0.138 e. The standard InChI is InChI=1S/C19H15NOS/c21-19-15(14-20-16-9-3-1-4-10-16)8-7-13-18(19)22-17-11-5-2-6-12-17/h1-14,21H. The Morgan fingerprint density at radius 1 is 0.773 bits per heavy atom. The van der Waals surface area contributed by atoms with Crippen molar-refractivity contribution >= 4 is 23.7 Å². The van der Waals surface area contributed by atoms with E-state index in [1.807, 2.05) is 78.9 Å². The van der Waals surface area contributed by atoms with Crippen LogP contribution in [0.3, 0.4) is 0 Å². The highest BCUT2D eigenvalue weighted by atomic mass is 32.2. The van der Waals surface area contributed by atoms with Gasteiger partial charge < -0.3 is 5.11 Å². The minimum atomic E-state index is 0.260. The quantitative estimate of drug-likeness (QED) is 0.664. The first kappa shape index (κ1) is 14.4. The Balaban J connectivity index is 1.84. The lowest BCUT2D eigenvalue weighted by Gasteiger charge is -2.06. The Kier molecular flexibility index (Phi) is 4.56. The second-order valence-corrected chi connectivity index (χ2v) is 5.82. The SMILES string of the molecule is Oc1c(C=Nc2ccccc2)cccc1Sc1ccccc1. The molecule has 2 nitrogen and oxygen atoms in total. The van der Waals surface area contributed by atoms with Crippen LogP contribution in [0, 0.1) is 0 Å². The van der Waals surface area contributed by atoms with Gasteiger partial charge in [-0.2, -0.15) is 0 Å². The highest BCUT2D eigenvalue weighted by molar-refractivity contribution is 7.99. The summed E-state index contributed by atoms with van der Waals surface area (Å²) >= 11 is 1.54. The molecule has 0 atom stereocenters. The normalized spacial score (nSPS) is 10.9. The van der Waals surface area contributed by atoms with Crippen molar-refractivity contribution in [2.45, 2.75) is 9.79 Å². The summed E-state index contributed by atoms with van der Waals surface area (Å²) < 4.78 is 0. The van der Waals surface area contributed by atoms with Gasteiger partial charge in [-0.15, -0.1) is 0 Å². The van der Waals surface area contributed by atoms with E-state index in [0.717, 1.165) is 15.5 Å². The minimum Gasteiger partial charge on any atom is -0.506 e. The highest BCUT2D eigenvalue weighted by Gasteiger charge is 2.06. The number of benzene rings is 3. The van der Waals surface area contributed by atoms with Gasteiger partial charge in [0.25, 0.3) is 0 Å². The number of nitrogens with zero attached hydrogens (tertiary/aromatic N) is 1. The van der Waals surface area contributed by atoms with Crippen LogP contribution in [0.2, 0.25) is 0 Å². The molecular weight excluding hydrogens is 290 g/mol. The second kappa shape index (κ2) is 6.96. The van der Waals surface area contributed by atoms with Crippen LogP contribution < -0.4 is 0 Å². The molecule has 3 aromatic rings. The van der Waals surface area contributed by atoms with Gasteiger partial charge in [-0.25, -0.2) is 0 Å². The van der Waals surface area contributed by atoms with Crippen LogP contribution in [0.5, 0.6) is 5.75 Å². The van der Waals surface area contributed by atoms with Crippen molar-refractivity contribution in [2.24, 2.45) is 4.99 Å². The van der Waals surface area contributed by atoms with Gasteiger partial charge in [-0.1, -0.05) is 54.2 Å². The van der Waals surface area contributed by atoms with E-state index in [2.05, 4.69) is 4.99 Å². The van der Waals surface area contributed by atoms with Crippen molar-refractivity contribution in [3.05, 3.63) is 84.4 Å². The van der Waals surface area contributed by atoms with E-state index in [4.69, 9.17) is 0 Å².